The Bertz CT molecular complexity index is 626. The van der Waals surface area contributed by atoms with E-state index in [4.69, 9.17) is 9.15 Å². The number of carbonyl (C=O) groups excluding carboxylic acids is 1. The van der Waals surface area contributed by atoms with Crippen molar-refractivity contribution in [1.82, 2.24) is 0 Å². The third kappa shape index (κ3) is 1.99. The Hall–Kier alpha value is -2.30. The molecule has 88 valence electrons. The van der Waals surface area contributed by atoms with Crippen molar-refractivity contribution in [1.29, 1.82) is 0 Å². The van der Waals surface area contributed by atoms with E-state index in [1.165, 1.54) is 20.3 Å². The van der Waals surface area contributed by atoms with E-state index in [1.54, 1.807) is 18.2 Å². The summed E-state index contributed by atoms with van der Waals surface area (Å²) in [5, 5.41) is 0.630. The average Bonchev–Trinajstić information content (AvgIpc) is 2.36. The second-order valence-corrected chi connectivity index (χ2v) is 3.34. The highest BCUT2D eigenvalue weighted by molar-refractivity contribution is 5.92. The zero-order valence-corrected chi connectivity index (χ0v) is 9.35. The highest BCUT2D eigenvalue weighted by Gasteiger charge is 2.13. The number of carbonyl (C=O) groups is 1. The standard InChI is InChI=1S/C12H10O5/c1-15-8-4-3-7-5-9(11(13)16-2)12(14)17-10(7)6-8/h3-6H,1-2H3. The molecule has 0 radical (unpaired) electrons. The lowest BCUT2D eigenvalue weighted by atomic mass is 10.2. The van der Waals surface area contributed by atoms with Gasteiger partial charge in [-0.2, -0.15) is 0 Å². The van der Waals surface area contributed by atoms with Gasteiger partial charge in [0.1, 0.15) is 16.9 Å². The van der Waals surface area contributed by atoms with E-state index >= 15 is 0 Å². The van der Waals surface area contributed by atoms with Crippen LogP contribution < -0.4 is 10.4 Å². The van der Waals surface area contributed by atoms with E-state index in [9.17, 15) is 9.59 Å². The summed E-state index contributed by atoms with van der Waals surface area (Å²) in [6.07, 6.45) is 0. The second kappa shape index (κ2) is 4.29. The van der Waals surface area contributed by atoms with Crippen LogP contribution in [0.4, 0.5) is 0 Å². The van der Waals surface area contributed by atoms with Crippen molar-refractivity contribution in [3.63, 3.8) is 0 Å². The van der Waals surface area contributed by atoms with Gasteiger partial charge in [0.2, 0.25) is 0 Å². The Kier molecular flexibility index (Phi) is 2.82. The first-order valence-corrected chi connectivity index (χ1v) is 4.86. The molecule has 0 spiro atoms. The van der Waals surface area contributed by atoms with Crippen LogP contribution in [0.5, 0.6) is 5.75 Å². The second-order valence-electron chi connectivity index (χ2n) is 3.34. The molecule has 0 atom stereocenters. The zero-order valence-electron chi connectivity index (χ0n) is 9.35. The summed E-state index contributed by atoms with van der Waals surface area (Å²) in [5.41, 5.74) is -0.482. The summed E-state index contributed by atoms with van der Waals surface area (Å²) < 4.78 is 14.5. The van der Waals surface area contributed by atoms with E-state index in [-0.39, 0.29) is 5.56 Å². The van der Waals surface area contributed by atoms with E-state index in [0.717, 1.165) is 0 Å². The van der Waals surface area contributed by atoms with Crippen LogP contribution in [0.25, 0.3) is 11.0 Å². The summed E-state index contributed by atoms with van der Waals surface area (Å²) in [6.45, 7) is 0. The fourth-order valence-corrected chi connectivity index (χ4v) is 1.47. The van der Waals surface area contributed by atoms with E-state index < -0.39 is 11.6 Å². The Morgan fingerprint density at radius 2 is 2.00 bits per heavy atom. The molecule has 5 nitrogen and oxygen atoms in total. The molecule has 0 unspecified atom stereocenters. The van der Waals surface area contributed by atoms with E-state index in [0.29, 0.717) is 16.7 Å². The van der Waals surface area contributed by atoms with Crippen molar-refractivity contribution >= 4 is 16.9 Å². The van der Waals surface area contributed by atoms with Gasteiger partial charge in [0.05, 0.1) is 14.2 Å². The fraction of sp³-hybridized carbons (Fsp3) is 0.167. The van der Waals surface area contributed by atoms with Gasteiger partial charge in [-0.3, -0.25) is 0 Å². The normalized spacial score (nSPS) is 10.2. The SMILES string of the molecule is COC(=O)c1cc2ccc(OC)cc2oc1=O. The molecule has 0 aliphatic carbocycles. The maximum absolute atomic E-state index is 11.5. The summed E-state index contributed by atoms with van der Waals surface area (Å²) in [7, 11) is 2.72. The molecule has 1 heterocycles. The summed E-state index contributed by atoms with van der Waals surface area (Å²) in [6, 6.07) is 6.43. The van der Waals surface area contributed by atoms with Crippen molar-refractivity contribution in [3.8, 4) is 5.75 Å². The Balaban J connectivity index is 2.66. The van der Waals surface area contributed by atoms with Crippen molar-refractivity contribution < 1.29 is 18.7 Å². The quantitative estimate of drug-likeness (QED) is 0.583. The molecule has 0 N–H and O–H groups in total. The predicted molar refractivity (Wildman–Crippen MR) is 60.4 cm³/mol. The number of fused-ring (bicyclic) bond motifs is 1. The van der Waals surface area contributed by atoms with Gasteiger partial charge in [0, 0.05) is 11.5 Å². The number of rotatable bonds is 2. The Morgan fingerprint density at radius 1 is 1.24 bits per heavy atom. The molecule has 2 aromatic rings. The lowest BCUT2D eigenvalue weighted by Gasteiger charge is -2.02. The Morgan fingerprint density at radius 3 is 2.65 bits per heavy atom. The molecular weight excluding hydrogens is 224 g/mol. The monoisotopic (exact) mass is 234 g/mol. The number of benzene rings is 1. The molecule has 0 aliphatic rings. The first-order chi connectivity index (χ1) is 8.15. The first-order valence-electron chi connectivity index (χ1n) is 4.86. The fourth-order valence-electron chi connectivity index (χ4n) is 1.47. The molecule has 0 saturated carbocycles. The van der Waals surface area contributed by atoms with Gasteiger partial charge in [0.25, 0.3) is 0 Å². The minimum atomic E-state index is -0.724. The third-order valence-electron chi connectivity index (χ3n) is 2.35. The number of hydrogen-bond acceptors (Lipinski definition) is 5. The Labute approximate surface area is 96.6 Å². The lowest BCUT2D eigenvalue weighted by molar-refractivity contribution is 0.0596. The highest BCUT2D eigenvalue weighted by Crippen LogP contribution is 2.20. The van der Waals surface area contributed by atoms with E-state index in [2.05, 4.69) is 4.74 Å². The largest absolute Gasteiger partial charge is 0.497 e. The molecule has 1 aromatic heterocycles. The van der Waals surface area contributed by atoms with Crippen LogP contribution >= 0.6 is 0 Å². The molecule has 0 bridgehead atoms. The average molecular weight is 234 g/mol. The van der Waals surface area contributed by atoms with Crippen LogP contribution in [0, 0.1) is 0 Å². The van der Waals surface area contributed by atoms with Crippen molar-refractivity contribution in [2.45, 2.75) is 0 Å². The molecule has 0 aliphatic heterocycles. The zero-order chi connectivity index (χ0) is 12.4. The van der Waals surface area contributed by atoms with Crippen LogP contribution in [-0.4, -0.2) is 20.2 Å². The number of ether oxygens (including phenoxy) is 2. The highest BCUT2D eigenvalue weighted by atomic mass is 16.5. The molecule has 2 rings (SSSR count). The smallest absolute Gasteiger partial charge is 0.351 e. The van der Waals surface area contributed by atoms with Crippen molar-refractivity contribution in [2.75, 3.05) is 14.2 Å². The van der Waals surface area contributed by atoms with Gasteiger partial charge in [-0.05, 0) is 18.2 Å². The minimum absolute atomic E-state index is 0.120. The van der Waals surface area contributed by atoms with Gasteiger partial charge in [-0.25, -0.2) is 9.59 Å². The minimum Gasteiger partial charge on any atom is -0.497 e. The molecule has 0 fully saturated rings. The van der Waals surface area contributed by atoms with Gasteiger partial charge >= 0.3 is 11.6 Å². The topological polar surface area (TPSA) is 65.7 Å². The van der Waals surface area contributed by atoms with Gasteiger partial charge in [-0.1, -0.05) is 0 Å². The maximum Gasteiger partial charge on any atom is 0.351 e. The summed E-state index contributed by atoms with van der Waals surface area (Å²) >= 11 is 0. The van der Waals surface area contributed by atoms with Crippen LogP contribution in [0.3, 0.4) is 0 Å². The van der Waals surface area contributed by atoms with Crippen LogP contribution in [0.15, 0.2) is 33.5 Å². The first kappa shape index (κ1) is 11.2. The number of methoxy groups -OCH3 is 2. The lowest BCUT2D eigenvalue weighted by Crippen LogP contribution is -2.14. The molecule has 17 heavy (non-hydrogen) atoms. The molecule has 5 heteroatoms. The third-order valence-corrected chi connectivity index (χ3v) is 2.35. The van der Waals surface area contributed by atoms with Gasteiger partial charge in [-0.15, -0.1) is 0 Å². The van der Waals surface area contributed by atoms with E-state index in [1.807, 2.05) is 0 Å². The van der Waals surface area contributed by atoms with Crippen molar-refractivity contribution in [3.05, 3.63) is 40.2 Å². The van der Waals surface area contributed by atoms with Gasteiger partial charge in [0.15, 0.2) is 0 Å². The predicted octanol–water partition coefficient (Wildman–Crippen LogP) is 1.59. The van der Waals surface area contributed by atoms with Crippen LogP contribution in [0.2, 0.25) is 0 Å². The summed E-state index contributed by atoms with van der Waals surface area (Å²) in [5.74, 6) is -0.136. The van der Waals surface area contributed by atoms with Crippen molar-refractivity contribution in [2.24, 2.45) is 0 Å². The summed E-state index contributed by atoms with van der Waals surface area (Å²) in [4.78, 5) is 22.8. The molecular formula is C12H10O5. The maximum atomic E-state index is 11.5. The van der Waals surface area contributed by atoms with Gasteiger partial charge < -0.3 is 13.9 Å². The van der Waals surface area contributed by atoms with Crippen LogP contribution in [-0.2, 0) is 4.74 Å². The number of hydrogen-bond donors (Lipinski definition) is 0. The molecule has 0 amide bonds. The molecule has 0 saturated heterocycles. The van der Waals surface area contributed by atoms with Crippen LogP contribution in [0.1, 0.15) is 10.4 Å². The number of esters is 1. The molecule has 1 aromatic carbocycles.